The molecule has 2 N–H and O–H groups in total. The van der Waals surface area contributed by atoms with Crippen molar-refractivity contribution < 1.29 is 28.8 Å². The van der Waals surface area contributed by atoms with Crippen LogP contribution in [0.25, 0.3) is 11.1 Å². The minimum Gasteiger partial charge on any atom is -0.473 e. The van der Waals surface area contributed by atoms with Crippen LogP contribution in [0.3, 0.4) is 0 Å². The van der Waals surface area contributed by atoms with Crippen LogP contribution < -0.4 is 0 Å². The third-order valence-corrected chi connectivity index (χ3v) is 4.98. The predicted octanol–water partition coefficient (Wildman–Crippen LogP) is 1.86. The van der Waals surface area contributed by atoms with Crippen molar-refractivity contribution in [3.63, 3.8) is 0 Å². The van der Waals surface area contributed by atoms with Gasteiger partial charge in [0.05, 0.1) is 0 Å². The Labute approximate surface area is 197 Å². The lowest BCUT2D eigenvalue weighted by Crippen LogP contribution is -2.25. The van der Waals surface area contributed by atoms with Crippen LogP contribution in [0.5, 0.6) is 0 Å². The molecule has 0 aromatic carbocycles. The van der Waals surface area contributed by atoms with E-state index in [4.69, 9.17) is 28.8 Å². The molecule has 4 rings (SSSR count). The fraction of sp³-hybridized carbons (Fsp3) is 0.545. The number of likely N-dealkylation sites (N-methyl/N-ethyl adjacent to an activating group) is 2. The van der Waals surface area contributed by atoms with E-state index in [0.717, 1.165) is 63.5 Å². The maximum absolute atomic E-state index is 9.10. The molecular formula is C22H32N6O6. The highest BCUT2D eigenvalue weighted by Gasteiger charge is 2.16. The Morgan fingerprint density at radius 1 is 0.824 bits per heavy atom. The highest BCUT2D eigenvalue weighted by atomic mass is 16.5. The highest BCUT2D eigenvalue weighted by Crippen LogP contribution is 2.18. The Bertz CT molecular complexity index is 931. The van der Waals surface area contributed by atoms with Crippen molar-refractivity contribution in [3.05, 3.63) is 35.6 Å². The number of carbonyl (C=O) groups is 2. The van der Waals surface area contributed by atoms with Crippen LogP contribution in [-0.4, -0.2) is 92.5 Å². The normalized spacial score (nSPS) is 16.4. The van der Waals surface area contributed by atoms with E-state index in [0.29, 0.717) is 11.8 Å². The van der Waals surface area contributed by atoms with E-state index >= 15 is 0 Å². The lowest BCUT2D eigenvalue weighted by molar-refractivity contribution is -0.159. The maximum atomic E-state index is 9.10. The minimum absolute atomic E-state index is 0.717. The van der Waals surface area contributed by atoms with E-state index in [1.807, 2.05) is 13.8 Å². The molecule has 12 nitrogen and oxygen atoms in total. The summed E-state index contributed by atoms with van der Waals surface area (Å²) in [4.78, 5) is 31.3. The highest BCUT2D eigenvalue weighted by molar-refractivity contribution is 6.27. The average molecular weight is 477 g/mol. The average Bonchev–Trinajstić information content (AvgIpc) is 3.50. The Balaban J connectivity index is 0.000000196. The summed E-state index contributed by atoms with van der Waals surface area (Å²) in [5.74, 6) is -0.699. The number of aryl methyl sites for hydroxylation is 2. The number of aromatic nitrogens is 4. The summed E-state index contributed by atoms with van der Waals surface area (Å²) in [5, 5.41) is 22.7. The van der Waals surface area contributed by atoms with Crippen LogP contribution in [0.1, 0.15) is 50.1 Å². The van der Waals surface area contributed by atoms with Gasteiger partial charge in [0.1, 0.15) is 0 Å². The first-order valence-electron chi connectivity index (χ1n) is 11.1. The standard InChI is InChI=1S/2C10H15N3O.C2H2O4/c2*1-3-9-11-10(12-14-9)8-5-4-6-13(2)7-8;3-1(4)2(5)6/h2*5H,3-4,6-7H2,1-2H3;(H,3,4)(H,5,6). The fourth-order valence-corrected chi connectivity index (χ4v) is 3.17. The van der Waals surface area contributed by atoms with Gasteiger partial charge in [0.2, 0.25) is 11.8 Å². The van der Waals surface area contributed by atoms with Gasteiger partial charge in [0.15, 0.2) is 11.6 Å². The SMILES string of the molecule is CCc1nc(C2=CCCN(C)C2)no1.CCc1nc(C2=CCCN(C)C2)no1.O=C(O)C(=O)O. The summed E-state index contributed by atoms with van der Waals surface area (Å²) < 4.78 is 10.2. The van der Waals surface area contributed by atoms with Gasteiger partial charge >= 0.3 is 11.9 Å². The Morgan fingerprint density at radius 2 is 1.21 bits per heavy atom. The second-order valence-corrected chi connectivity index (χ2v) is 7.85. The minimum atomic E-state index is -1.82. The number of carboxylic acids is 2. The summed E-state index contributed by atoms with van der Waals surface area (Å²) in [6.45, 7) is 8.09. The van der Waals surface area contributed by atoms with E-state index < -0.39 is 11.9 Å². The zero-order valence-corrected chi connectivity index (χ0v) is 20.0. The predicted molar refractivity (Wildman–Crippen MR) is 123 cm³/mol. The van der Waals surface area contributed by atoms with Gasteiger partial charge in [-0.1, -0.05) is 36.3 Å². The van der Waals surface area contributed by atoms with E-state index in [1.54, 1.807) is 0 Å². The fourth-order valence-electron chi connectivity index (χ4n) is 3.17. The van der Waals surface area contributed by atoms with Crippen LogP contribution in [0.2, 0.25) is 0 Å². The molecule has 0 radical (unpaired) electrons. The third-order valence-electron chi connectivity index (χ3n) is 4.98. The van der Waals surface area contributed by atoms with Crippen LogP contribution in [0, 0.1) is 0 Å². The van der Waals surface area contributed by atoms with Gasteiger partial charge in [-0.2, -0.15) is 9.97 Å². The van der Waals surface area contributed by atoms with Gasteiger partial charge in [0, 0.05) is 50.2 Å². The zero-order chi connectivity index (χ0) is 25.1. The topological polar surface area (TPSA) is 159 Å². The van der Waals surface area contributed by atoms with Crippen LogP contribution in [0.4, 0.5) is 0 Å². The van der Waals surface area contributed by atoms with Crippen molar-refractivity contribution in [2.45, 2.75) is 39.5 Å². The molecule has 12 heteroatoms. The Kier molecular flexibility index (Phi) is 10.6. The van der Waals surface area contributed by atoms with Crippen LogP contribution >= 0.6 is 0 Å². The third kappa shape index (κ3) is 8.52. The van der Waals surface area contributed by atoms with E-state index in [2.05, 4.69) is 56.3 Å². The first-order chi connectivity index (χ1) is 16.2. The van der Waals surface area contributed by atoms with E-state index in [9.17, 15) is 0 Å². The van der Waals surface area contributed by atoms with Gasteiger partial charge in [0.25, 0.3) is 0 Å². The molecule has 0 saturated carbocycles. The van der Waals surface area contributed by atoms with Gasteiger partial charge in [-0.3, -0.25) is 0 Å². The number of carboxylic acid groups (broad SMARTS) is 2. The molecule has 2 aliphatic heterocycles. The molecule has 2 aliphatic rings. The molecular weight excluding hydrogens is 444 g/mol. The molecule has 0 aliphatic carbocycles. The number of nitrogens with zero attached hydrogens (tertiary/aromatic N) is 6. The number of hydrogen-bond donors (Lipinski definition) is 2. The number of rotatable bonds is 4. The molecule has 0 unspecified atom stereocenters. The van der Waals surface area contributed by atoms with Crippen molar-refractivity contribution in [2.75, 3.05) is 40.3 Å². The molecule has 0 amide bonds. The molecule has 0 spiro atoms. The van der Waals surface area contributed by atoms with Gasteiger partial charge in [-0.25, -0.2) is 9.59 Å². The molecule has 2 aromatic rings. The molecule has 0 fully saturated rings. The zero-order valence-electron chi connectivity index (χ0n) is 20.0. The Morgan fingerprint density at radius 3 is 1.47 bits per heavy atom. The largest absolute Gasteiger partial charge is 0.473 e. The van der Waals surface area contributed by atoms with Crippen LogP contribution in [-0.2, 0) is 22.4 Å². The molecule has 4 heterocycles. The molecule has 0 bridgehead atoms. The smallest absolute Gasteiger partial charge is 0.414 e. The van der Waals surface area contributed by atoms with Crippen molar-refractivity contribution in [2.24, 2.45) is 0 Å². The Hall–Kier alpha value is -3.38. The first-order valence-corrected chi connectivity index (χ1v) is 11.1. The quantitative estimate of drug-likeness (QED) is 0.618. The van der Waals surface area contributed by atoms with Crippen molar-refractivity contribution >= 4 is 23.1 Å². The lowest BCUT2D eigenvalue weighted by atomic mass is 10.1. The van der Waals surface area contributed by atoms with Crippen LogP contribution in [0.15, 0.2) is 21.2 Å². The molecule has 0 atom stereocenters. The number of hydrogen-bond acceptors (Lipinski definition) is 10. The van der Waals surface area contributed by atoms with Crippen molar-refractivity contribution in [3.8, 4) is 0 Å². The van der Waals surface area contributed by atoms with E-state index in [-0.39, 0.29) is 0 Å². The second kappa shape index (κ2) is 13.4. The van der Waals surface area contributed by atoms with E-state index in [1.165, 1.54) is 11.1 Å². The molecule has 34 heavy (non-hydrogen) atoms. The summed E-state index contributed by atoms with van der Waals surface area (Å²) >= 11 is 0. The molecule has 2 aromatic heterocycles. The number of aliphatic carboxylic acids is 2. The summed E-state index contributed by atoms with van der Waals surface area (Å²) in [6, 6.07) is 0. The molecule has 0 saturated heterocycles. The van der Waals surface area contributed by atoms with Gasteiger partial charge in [-0.05, 0) is 26.9 Å². The summed E-state index contributed by atoms with van der Waals surface area (Å²) in [7, 11) is 4.21. The van der Waals surface area contributed by atoms with Crippen molar-refractivity contribution in [1.29, 1.82) is 0 Å². The summed E-state index contributed by atoms with van der Waals surface area (Å²) in [6.07, 6.45) is 8.14. The first kappa shape index (κ1) is 26.9. The monoisotopic (exact) mass is 476 g/mol. The van der Waals surface area contributed by atoms with Crippen molar-refractivity contribution in [1.82, 2.24) is 30.1 Å². The van der Waals surface area contributed by atoms with Gasteiger partial charge < -0.3 is 29.1 Å². The summed E-state index contributed by atoms with van der Waals surface area (Å²) in [5.41, 5.74) is 2.37. The maximum Gasteiger partial charge on any atom is 0.414 e. The van der Waals surface area contributed by atoms with Gasteiger partial charge in [-0.15, -0.1) is 0 Å². The molecule has 186 valence electrons. The second-order valence-electron chi connectivity index (χ2n) is 7.85. The lowest BCUT2D eigenvalue weighted by Gasteiger charge is -2.20.